The minimum atomic E-state index is -4.63. The van der Waals surface area contributed by atoms with Gasteiger partial charge in [0, 0.05) is 17.2 Å². The molecule has 37 heavy (non-hydrogen) atoms. The Balaban J connectivity index is 1.45. The van der Waals surface area contributed by atoms with Gasteiger partial charge in [-0.3, -0.25) is 4.98 Å². The second-order valence-corrected chi connectivity index (χ2v) is 11.7. The molecule has 0 bridgehead atoms. The molecule has 1 unspecified atom stereocenters. The zero-order valence-corrected chi connectivity index (χ0v) is 20.9. The van der Waals surface area contributed by atoms with Gasteiger partial charge in [0.25, 0.3) is 0 Å². The van der Waals surface area contributed by atoms with Crippen LogP contribution in [0.4, 0.5) is 23.7 Å². The van der Waals surface area contributed by atoms with Crippen LogP contribution in [0.5, 0.6) is 5.88 Å². The Morgan fingerprint density at radius 3 is 2.78 bits per heavy atom. The van der Waals surface area contributed by atoms with Crippen molar-refractivity contribution >= 4 is 21.6 Å². The molecular weight excluding hydrogens is 509 g/mol. The first kappa shape index (κ1) is 25.1. The van der Waals surface area contributed by atoms with Crippen LogP contribution in [0.1, 0.15) is 37.1 Å². The van der Waals surface area contributed by atoms with Crippen LogP contribution in [0.25, 0.3) is 11.1 Å². The fourth-order valence-corrected chi connectivity index (χ4v) is 5.68. The lowest BCUT2D eigenvalue weighted by molar-refractivity contribution is -0.141. The number of fused-ring (bicyclic) bond motifs is 2. The summed E-state index contributed by atoms with van der Waals surface area (Å²) < 4.78 is 70.9. The van der Waals surface area contributed by atoms with E-state index in [1.54, 1.807) is 6.07 Å². The van der Waals surface area contributed by atoms with Crippen molar-refractivity contribution in [3.05, 3.63) is 53.5 Å². The molecule has 2 amide bonds. The number of carbonyl (C=O) groups is 1. The maximum atomic E-state index is 13.3. The van der Waals surface area contributed by atoms with Gasteiger partial charge in [0.15, 0.2) is 9.92 Å². The Hall–Kier alpha value is -3.61. The Morgan fingerprint density at radius 2 is 2.03 bits per heavy atom. The highest BCUT2D eigenvalue weighted by atomic mass is 32.2. The smallest absolute Gasteiger partial charge is 0.433 e. The van der Waals surface area contributed by atoms with E-state index in [1.165, 1.54) is 16.9 Å². The third-order valence-electron chi connectivity index (χ3n) is 6.37. The van der Waals surface area contributed by atoms with Crippen molar-refractivity contribution in [2.24, 2.45) is 5.41 Å². The van der Waals surface area contributed by atoms with Crippen molar-refractivity contribution in [3.8, 4) is 17.0 Å². The van der Waals surface area contributed by atoms with E-state index < -0.39 is 27.8 Å². The van der Waals surface area contributed by atoms with Crippen molar-refractivity contribution in [2.45, 2.75) is 50.7 Å². The van der Waals surface area contributed by atoms with Crippen LogP contribution in [0.3, 0.4) is 0 Å². The normalized spacial score (nSPS) is 17.8. The fourth-order valence-electron chi connectivity index (χ4n) is 4.65. The van der Waals surface area contributed by atoms with Gasteiger partial charge in [0.2, 0.25) is 5.88 Å². The van der Waals surface area contributed by atoms with Crippen molar-refractivity contribution in [1.29, 1.82) is 4.78 Å². The molecule has 196 valence electrons. The van der Waals surface area contributed by atoms with E-state index in [-0.39, 0.29) is 21.8 Å². The predicted molar refractivity (Wildman–Crippen MR) is 129 cm³/mol. The van der Waals surface area contributed by atoms with E-state index in [9.17, 15) is 22.2 Å². The number of hydrogen-bond acceptors (Lipinski definition) is 6. The Kier molecular flexibility index (Phi) is 5.93. The number of rotatable bonds is 4. The molecule has 0 spiro atoms. The number of hydrogen-bond donors (Lipinski definition) is 3. The Bertz CT molecular complexity index is 1500. The molecular formula is C24H25F3N6O3S. The number of aryl methyl sites for hydroxylation is 1. The Labute approximate surface area is 211 Å². The third-order valence-corrected chi connectivity index (χ3v) is 7.74. The molecule has 3 heterocycles. The molecule has 1 aliphatic carbocycles. The first-order valence-corrected chi connectivity index (χ1v) is 13.1. The lowest BCUT2D eigenvalue weighted by Gasteiger charge is -2.30. The number of halogens is 3. The van der Waals surface area contributed by atoms with Gasteiger partial charge in [0.1, 0.15) is 10.6 Å². The molecule has 1 aliphatic heterocycles. The van der Waals surface area contributed by atoms with E-state index in [2.05, 4.69) is 20.1 Å². The van der Waals surface area contributed by atoms with Crippen LogP contribution in [-0.2, 0) is 35.5 Å². The molecule has 1 aromatic carbocycles. The van der Waals surface area contributed by atoms with Gasteiger partial charge >= 0.3 is 12.2 Å². The summed E-state index contributed by atoms with van der Waals surface area (Å²) in [4.78, 5) is 16.4. The fraction of sp³-hybridized carbons (Fsp3) is 0.375. The topological polar surface area (TPSA) is 122 Å². The van der Waals surface area contributed by atoms with Crippen molar-refractivity contribution in [1.82, 2.24) is 19.5 Å². The molecule has 0 saturated heterocycles. The molecule has 9 nitrogen and oxygen atoms in total. The largest absolute Gasteiger partial charge is 0.476 e. The number of urea groups is 1. The maximum absolute atomic E-state index is 13.3. The average Bonchev–Trinajstić information content (AvgIpc) is 3.45. The molecule has 2 aromatic heterocycles. The molecule has 13 heteroatoms. The van der Waals surface area contributed by atoms with Crippen molar-refractivity contribution in [2.75, 3.05) is 11.9 Å². The van der Waals surface area contributed by atoms with E-state index in [0.717, 1.165) is 36.2 Å². The molecule has 0 fully saturated rings. The van der Waals surface area contributed by atoms with E-state index in [1.807, 2.05) is 19.9 Å². The molecule has 1 atom stereocenters. The number of ether oxygens (including phenoxy) is 1. The SMILES string of the molecule is CC1(C)COc2c(S(=N)(=O)NC(=O)Nc3c(-c4ccnc(C(F)(F)F)c4)ccc4c3CCC4)cnn2C1. The maximum Gasteiger partial charge on any atom is 0.433 e. The number of pyridine rings is 1. The van der Waals surface area contributed by atoms with Crippen LogP contribution in [0, 0.1) is 10.2 Å². The van der Waals surface area contributed by atoms with Crippen molar-refractivity contribution in [3.63, 3.8) is 0 Å². The second-order valence-electron chi connectivity index (χ2n) is 9.94. The van der Waals surface area contributed by atoms with E-state index >= 15 is 0 Å². The van der Waals surface area contributed by atoms with Gasteiger partial charge in [-0.25, -0.2) is 23.2 Å². The van der Waals surface area contributed by atoms with Gasteiger partial charge in [-0.05, 0) is 48.1 Å². The Morgan fingerprint density at radius 1 is 1.24 bits per heavy atom. The van der Waals surface area contributed by atoms with Crippen LogP contribution in [0.2, 0.25) is 0 Å². The monoisotopic (exact) mass is 534 g/mol. The summed E-state index contributed by atoms with van der Waals surface area (Å²) in [7, 11) is -3.86. The number of nitrogens with one attached hydrogen (secondary N) is 3. The molecule has 0 radical (unpaired) electrons. The molecule has 3 N–H and O–H groups in total. The number of nitrogens with zero attached hydrogens (tertiary/aromatic N) is 3. The third kappa shape index (κ3) is 4.87. The van der Waals surface area contributed by atoms with Crippen LogP contribution in [-0.4, -0.2) is 31.6 Å². The van der Waals surface area contributed by atoms with Gasteiger partial charge in [-0.1, -0.05) is 26.0 Å². The highest BCUT2D eigenvalue weighted by Crippen LogP contribution is 2.39. The number of alkyl halides is 3. The number of anilines is 1. The first-order valence-electron chi connectivity index (χ1n) is 11.6. The van der Waals surface area contributed by atoms with Gasteiger partial charge in [0.05, 0.1) is 25.0 Å². The molecule has 3 aromatic rings. The number of aromatic nitrogens is 3. The average molecular weight is 535 g/mol. The minimum absolute atomic E-state index is 0.0550. The van der Waals surface area contributed by atoms with Gasteiger partial charge in [-0.2, -0.15) is 18.3 Å². The lowest BCUT2D eigenvalue weighted by Crippen LogP contribution is -2.36. The summed E-state index contributed by atoms with van der Waals surface area (Å²) in [6, 6.07) is 4.91. The van der Waals surface area contributed by atoms with Gasteiger partial charge < -0.3 is 10.1 Å². The van der Waals surface area contributed by atoms with Gasteiger partial charge in [-0.15, -0.1) is 0 Å². The predicted octanol–water partition coefficient (Wildman–Crippen LogP) is 5.01. The second kappa shape index (κ2) is 8.75. The lowest BCUT2D eigenvalue weighted by atomic mass is 9.94. The summed E-state index contributed by atoms with van der Waals surface area (Å²) in [5.41, 5.74) is 1.42. The molecule has 2 aliphatic rings. The summed E-state index contributed by atoms with van der Waals surface area (Å²) in [5, 5.41) is 6.82. The summed E-state index contributed by atoms with van der Waals surface area (Å²) in [6.45, 7) is 4.79. The molecule has 0 saturated carbocycles. The number of amides is 2. The minimum Gasteiger partial charge on any atom is -0.476 e. The van der Waals surface area contributed by atoms with E-state index in [4.69, 9.17) is 9.52 Å². The highest BCUT2D eigenvalue weighted by molar-refractivity contribution is 7.91. The highest BCUT2D eigenvalue weighted by Gasteiger charge is 2.34. The first-order chi connectivity index (χ1) is 17.3. The molecule has 5 rings (SSSR count). The van der Waals surface area contributed by atoms with Crippen molar-refractivity contribution < 1.29 is 26.9 Å². The quantitative estimate of drug-likeness (QED) is 0.434. The van der Waals surface area contributed by atoms with Crippen LogP contribution in [0.15, 0.2) is 41.6 Å². The summed E-state index contributed by atoms with van der Waals surface area (Å²) in [5.74, 6) is 0.164. The summed E-state index contributed by atoms with van der Waals surface area (Å²) in [6.07, 6.45) is -0.112. The number of carbonyl (C=O) groups excluding carboxylic acids is 1. The number of benzene rings is 1. The summed E-state index contributed by atoms with van der Waals surface area (Å²) >= 11 is 0. The zero-order valence-electron chi connectivity index (χ0n) is 20.1. The van der Waals surface area contributed by atoms with Crippen LogP contribution >= 0.6 is 0 Å². The van der Waals surface area contributed by atoms with E-state index in [0.29, 0.717) is 30.8 Å². The standard InChI is InChI=1S/C24H25F3N6O3S/c1-23(2)12-33-21(36-13-23)18(11-30-33)37(28,35)32-22(34)31-20-16-5-3-4-14(16)6-7-17(20)15-8-9-29-19(10-15)24(25,26)27/h6-11H,3-5,12-13H2,1-2H3,(H3,28,31,32,34,35). The van der Waals surface area contributed by atoms with Crippen LogP contribution < -0.4 is 14.8 Å². The zero-order chi connectivity index (χ0) is 26.6.